The molecule has 2 aromatic heterocycles. The highest BCUT2D eigenvalue weighted by molar-refractivity contribution is 5.71. The van der Waals surface area contributed by atoms with Gasteiger partial charge in [0.25, 0.3) is 0 Å². The van der Waals surface area contributed by atoms with Crippen LogP contribution in [0.15, 0.2) is 42.7 Å². The SMILES string of the molecule is C[C@H]1CN(c2ccncc2NCc2ccc(F)c(-c3c(F)cc(C(C)(C)C#N)cc3F)n2)C[C@@H](NC(=O)OC(C)(C)C)[C@@H]1O. The van der Waals surface area contributed by atoms with Crippen LogP contribution in [-0.2, 0) is 16.7 Å². The number of halogens is 3. The average Bonchev–Trinajstić information content (AvgIpc) is 2.94. The van der Waals surface area contributed by atoms with Crippen molar-refractivity contribution in [3.63, 3.8) is 0 Å². The van der Waals surface area contributed by atoms with E-state index in [1.165, 1.54) is 19.9 Å². The number of ether oxygens (including phenoxy) is 1. The number of alkyl carbamates (subject to hydrolysis) is 1. The maximum atomic E-state index is 15.1. The zero-order valence-electron chi connectivity index (χ0n) is 25.6. The molecular formula is C32H37F3N6O3. The highest BCUT2D eigenvalue weighted by Crippen LogP contribution is 2.33. The predicted octanol–water partition coefficient (Wildman–Crippen LogP) is 5.68. The van der Waals surface area contributed by atoms with Gasteiger partial charge in [0.2, 0.25) is 0 Å². The van der Waals surface area contributed by atoms with E-state index in [2.05, 4.69) is 20.6 Å². The van der Waals surface area contributed by atoms with Gasteiger partial charge in [0.05, 0.1) is 59.0 Å². The fourth-order valence-corrected chi connectivity index (χ4v) is 5.02. The summed E-state index contributed by atoms with van der Waals surface area (Å²) in [5.41, 5.74) is -1.16. The van der Waals surface area contributed by atoms with Gasteiger partial charge in [0.15, 0.2) is 0 Å². The third-order valence-electron chi connectivity index (χ3n) is 7.41. The van der Waals surface area contributed by atoms with Crippen LogP contribution in [0.3, 0.4) is 0 Å². The fourth-order valence-electron chi connectivity index (χ4n) is 5.02. The second-order valence-corrected chi connectivity index (χ2v) is 12.6. The lowest BCUT2D eigenvalue weighted by Gasteiger charge is -2.42. The Balaban J connectivity index is 1.55. The van der Waals surface area contributed by atoms with Crippen molar-refractivity contribution < 1.29 is 27.8 Å². The summed E-state index contributed by atoms with van der Waals surface area (Å²) in [7, 11) is 0. The largest absolute Gasteiger partial charge is 0.444 e. The summed E-state index contributed by atoms with van der Waals surface area (Å²) >= 11 is 0. The lowest BCUT2D eigenvalue weighted by molar-refractivity contribution is 0.0303. The molecule has 3 heterocycles. The molecule has 0 spiro atoms. The Morgan fingerprint density at radius 3 is 2.43 bits per heavy atom. The topological polar surface area (TPSA) is 123 Å². The number of aliphatic hydroxyl groups excluding tert-OH is 1. The van der Waals surface area contributed by atoms with Crippen molar-refractivity contribution >= 4 is 17.5 Å². The molecule has 3 aromatic rings. The molecule has 3 N–H and O–H groups in total. The minimum atomic E-state index is -1.14. The van der Waals surface area contributed by atoms with E-state index < -0.39 is 58.0 Å². The predicted molar refractivity (Wildman–Crippen MR) is 160 cm³/mol. The standard InChI is InChI=1S/C32H37F3N6O3/c1-18-15-41(16-25(29(18)42)40-30(43)44-31(2,3)4)26-9-10-37-14-24(26)38-13-20-7-8-21(33)28(39-20)27-22(34)11-19(12-23(27)35)32(5,6)17-36/h7-12,14,18,25,29,38,42H,13,15-16H2,1-6H3,(H,40,43)/t18-,25+,29+/m0/s1. The summed E-state index contributed by atoms with van der Waals surface area (Å²) in [6.07, 6.45) is 1.79. The van der Waals surface area contributed by atoms with Gasteiger partial charge in [-0.3, -0.25) is 4.98 Å². The van der Waals surface area contributed by atoms with Gasteiger partial charge >= 0.3 is 6.09 Å². The number of nitrogens with one attached hydrogen (secondary N) is 2. The van der Waals surface area contributed by atoms with Crippen molar-refractivity contribution in [2.45, 2.75) is 71.2 Å². The fraction of sp³-hybridized carbons (Fsp3) is 0.438. The first-order valence-corrected chi connectivity index (χ1v) is 14.3. The molecule has 0 aliphatic carbocycles. The minimum absolute atomic E-state index is 0.0698. The average molecular weight is 611 g/mol. The van der Waals surface area contributed by atoms with E-state index in [0.29, 0.717) is 24.5 Å². The third kappa shape index (κ3) is 7.39. The molecule has 1 amide bonds. The van der Waals surface area contributed by atoms with E-state index in [4.69, 9.17) is 4.74 Å². The molecule has 0 radical (unpaired) electrons. The van der Waals surface area contributed by atoms with Crippen LogP contribution in [0.4, 0.5) is 29.3 Å². The number of rotatable bonds is 7. The number of carbonyl (C=O) groups excluding carboxylic acids is 1. The molecule has 1 aliphatic heterocycles. The van der Waals surface area contributed by atoms with Crippen LogP contribution < -0.4 is 15.5 Å². The normalized spacial score (nSPS) is 18.8. The number of benzene rings is 1. The van der Waals surface area contributed by atoms with E-state index in [1.807, 2.05) is 17.9 Å². The molecular weight excluding hydrogens is 573 g/mol. The lowest BCUT2D eigenvalue weighted by Crippen LogP contribution is -2.59. The number of hydrogen-bond acceptors (Lipinski definition) is 8. The number of piperidine rings is 1. The first kappa shape index (κ1) is 32.5. The molecule has 4 rings (SSSR count). The highest BCUT2D eigenvalue weighted by atomic mass is 19.1. The maximum Gasteiger partial charge on any atom is 0.408 e. The van der Waals surface area contributed by atoms with Crippen molar-refractivity contribution in [3.8, 4) is 17.3 Å². The molecule has 1 fully saturated rings. The van der Waals surface area contributed by atoms with Gasteiger partial charge in [-0.05, 0) is 70.5 Å². The van der Waals surface area contributed by atoms with Crippen LogP contribution in [0.2, 0.25) is 0 Å². The number of aromatic nitrogens is 2. The number of nitriles is 1. The molecule has 234 valence electrons. The molecule has 44 heavy (non-hydrogen) atoms. The monoisotopic (exact) mass is 610 g/mol. The van der Waals surface area contributed by atoms with E-state index >= 15 is 8.78 Å². The Morgan fingerprint density at radius 1 is 1.11 bits per heavy atom. The van der Waals surface area contributed by atoms with Crippen LogP contribution >= 0.6 is 0 Å². The van der Waals surface area contributed by atoms with Crippen molar-refractivity contribution in [3.05, 3.63) is 71.4 Å². The number of anilines is 2. The molecule has 0 bridgehead atoms. The van der Waals surface area contributed by atoms with Gasteiger partial charge < -0.3 is 25.4 Å². The van der Waals surface area contributed by atoms with Crippen LogP contribution in [0.5, 0.6) is 0 Å². The van der Waals surface area contributed by atoms with Crippen LogP contribution in [0.1, 0.15) is 52.8 Å². The van der Waals surface area contributed by atoms with E-state index in [9.17, 15) is 19.6 Å². The molecule has 1 saturated heterocycles. The van der Waals surface area contributed by atoms with Crippen molar-refractivity contribution in [1.29, 1.82) is 5.26 Å². The summed E-state index contributed by atoms with van der Waals surface area (Å²) in [5, 5.41) is 26.1. The molecule has 9 nitrogen and oxygen atoms in total. The summed E-state index contributed by atoms with van der Waals surface area (Å²) in [6.45, 7) is 11.1. The highest BCUT2D eigenvalue weighted by Gasteiger charge is 2.36. The molecule has 12 heteroatoms. The first-order valence-electron chi connectivity index (χ1n) is 14.3. The molecule has 1 aromatic carbocycles. The Labute approximate surface area is 255 Å². The van der Waals surface area contributed by atoms with Gasteiger partial charge in [0, 0.05) is 25.2 Å². The molecule has 0 saturated carbocycles. The van der Waals surface area contributed by atoms with Crippen molar-refractivity contribution in [2.24, 2.45) is 5.92 Å². The summed E-state index contributed by atoms with van der Waals surface area (Å²) < 4.78 is 50.4. The van der Waals surface area contributed by atoms with Gasteiger partial charge in [-0.1, -0.05) is 6.92 Å². The smallest absolute Gasteiger partial charge is 0.408 e. The zero-order valence-corrected chi connectivity index (χ0v) is 25.6. The molecule has 0 unspecified atom stereocenters. The Kier molecular flexibility index (Phi) is 9.39. The number of nitrogens with zero attached hydrogens (tertiary/aromatic N) is 4. The number of pyridine rings is 2. The van der Waals surface area contributed by atoms with Crippen LogP contribution in [0.25, 0.3) is 11.3 Å². The number of carbonyl (C=O) groups is 1. The molecule has 1 aliphatic rings. The third-order valence-corrected chi connectivity index (χ3v) is 7.41. The van der Waals surface area contributed by atoms with Gasteiger partial charge in [-0.25, -0.2) is 22.9 Å². The summed E-state index contributed by atoms with van der Waals surface area (Å²) in [4.78, 5) is 22.9. The van der Waals surface area contributed by atoms with E-state index in [-0.39, 0.29) is 18.0 Å². The second-order valence-electron chi connectivity index (χ2n) is 12.6. The number of hydrogen-bond donors (Lipinski definition) is 3. The van der Waals surface area contributed by atoms with Gasteiger partial charge in [-0.2, -0.15) is 5.26 Å². The van der Waals surface area contributed by atoms with Crippen LogP contribution in [-0.4, -0.2) is 52.0 Å². The molecule has 3 atom stereocenters. The first-order chi connectivity index (χ1) is 20.6. The summed E-state index contributed by atoms with van der Waals surface area (Å²) in [5.74, 6) is -3.14. The lowest BCUT2D eigenvalue weighted by atomic mass is 9.85. The Bertz CT molecular complexity index is 1550. The zero-order chi connectivity index (χ0) is 32.4. The summed E-state index contributed by atoms with van der Waals surface area (Å²) in [6, 6.07) is 7.73. The Hall–Kier alpha value is -4.37. The number of aliphatic hydroxyl groups is 1. The maximum absolute atomic E-state index is 15.1. The van der Waals surface area contributed by atoms with Gasteiger partial charge in [-0.15, -0.1) is 0 Å². The van der Waals surface area contributed by atoms with Crippen molar-refractivity contribution in [2.75, 3.05) is 23.3 Å². The second kappa shape index (κ2) is 12.7. The quantitative estimate of drug-likeness (QED) is 0.312. The van der Waals surface area contributed by atoms with Gasteiger partial charge in [0.1, 0.15) is 28.7 Å². The van der Waals surface area contributed by atoms with E-state index in [1.54, 1.807) is 39.2 Å². The minimum Gasteiger partial charge on any atom is -0.444 e. The van der Waals surface area contributed by atoms with Crippen molar-refractivity contribution in [1.82, 2.24) is 15.3 Å². The van der Waals surface area contributed by atoms with Crippen LogP contribution in [0, 0.1) is 34.7 Å². The Morgan fingerprint density at radius 2 is 1.80 bits per heavy atom. The number of amides is 1. The van der Waals surface area contributed by atoms with E-state index in [0.717, 1.165) is 23.9 Å².